The standard InChI is InChI=1S/C15H21NO2S/c1-16-13(11-19-9-5-8-17-2)15-10-12-6-3-4-7-14(12)18-15/h3-4,6-7,10,13,16H,5,8-9,11H2,1-2H3. The van der Waals surface area contributed by atoms with Crippen LogP contribution in [-0.2, 0) is 4.74 Å². The summed E-state index contributed by atoms with van der Waals surface area (Å²) in [6, 6.07) is 10.5. The lowest BCUT2D eigenvalue weighted by Gasteiger charge is -2.12. The van der Waals surface area contributed by atoms with Gasteiger partial charge in [0.25, 0.3) is 0 Å². The smallest absolute Gasteiger partial charge is 0.134 e. The molecule has 0 aliphatic rings. The summed E-state index contributed by atoms with van der Waals surface area (Å²) < 4.78 is 11.0. The van der Waals surface area contributed by atoms with Crippen molar-refractivity contribution in [3.8, 4) is 0 Å². The van der Waals surface area contributed by atoms with E-state index in [-0.39, 0.29) is 6.04 Å². The van der Waals surface area contributed by atoms with E-state index in [1.54, 1.807) is 7.11 Å². The van der Waals surface area contributed by atoms with E-state index in [9.17, 15) is 0 Å². The van der Waals surface area contributed by atoms with Gasteiger partial charge in [-0.2, -0.15) is 11.8 Å². The number of benzene rings is 1. The van der Waals surface area contributed by atoms with Crippen molar-refractivity contribution in [2.45, 2.75) is 12.5 Å². The fourth-order valence-corrected chi connectivity index (χ4v) is 3.04. The number of fused-ring (bicyclic) bond motifs is 1. The maximum Gasteiger partial charge on any atom is 0.134 e. The first-order chi connectivity index (χ1) is 9.35. The first-order valence-corrected chi connectivity index (χ1v) is 7.73. The quantitative estimate of drug-likeness (QED) is 0.750. The first-order valence-electron chi connectivity index (χ1n) is 6.57. The Hall–Kier alpha value is -0.970. The average Bonchev–Trinajstić information content (AvgIpc) is 2.86. The van der Waals surface area contributed by atoms with Crippen LogP contribution < -0.4 is 5.32 Å². The molecule has 0 aliphatic carbocycles. The van der Waals surface area contributed by atoms with E-state index in [4.69, 9.17) is 9.15 Å². The fourth-order valence-electron chi connectivity index (χ4n) is 1.99. The summed E-state index contributed by atoms with van der Waals surface area (Å²) in [7, 11) is 3.73. The van der Waals surface area contributed by atoms with Crippen LogP contribution in [-0.4, -0.2) is 32.3 Å². The molecule has 1 aromatic heterocycles. The van der Waals surface area contributed by atoms with Crippen LogP contribution in [0.2, 0.25) is 0 Å². The van der Waals surface area contributed by atoms with E-state index in [1.165, 1.54) is 5.39 Å². The van der Waals surface area contributed by atoms with E-state index in [0.29, 0.717) is 0 Å². The number of ether oxygens (including phenoxy) is 1. The van der Waals surface area contributed by atoms with Crippen molar-refractivity contribution < 1.29 is 9.15 Å². The average molecular weight is 279 g/mol. The molecule has 1 unspecified atom stereocenters. The van der Waals surface area contributed by atoms with Gasteiger partial charge in [0, 0.05) is 24.9 Å². The number of nitrogens with one attached hydrogen (secondary N) is 1. The molecule has 0 bridgehead atoms. The molecule has 104 valence electrons. The second-order valence-corrected chi connectivity index (χ2v) is 5.60. The predicted octanol–water partition coefficient (Wildman–Crippen LogP) is 3.46. The minimum atomic E-state index is 0.264. The zero-order valence-electron chi connectivity index (χ0n) is 11.5. The largest absolute Gasteiger partial charge is 0.459 e. The number of hydrogen-bond acceptors (Lipinski definition) is 4. The lowest BCUT2D eigenvalue weighted by Crippen LogP contribution is -2.18. The van der Waals surface area contributed by atoms with Gasteiger partial charge in [0.2, 0.25) is 0 Å². The number of rotatable bonds is 8. The lowest BCUT2D eigenvalue weighted by molar-refractivity contribution is 0.200. The second kappa shape index (κ2) is 7.58. The van der Waals surface area contributed by atoms with Crippen molar-refractivity contribution in [2.24, 2.45) is 0 Å². The van der Waals surface area contributed by atoms with Crippen LogP contribution in [0.3, 0.4) is 0 Å². The van der Waals surface area contributed by atoms with Gasteiger partial charge in [-0.1, -0.05) is 18.2 Å². The molecule has 1 N–H and O–H groups in total. The van der Waals surface area contributed by atoms with E-state index in [1.807, 2.05) is 37.0 Å². The Labute approximate surface area is 118 Å². The Balaban J connectivity index is 1.93. The highest BCUT2D eigenvalue weighted by Crippen LogP contribution is 2.25. The number of para-hydroxylation sites is 1. The molecule has 0 amide bonds. The number of methoxy groups -OCH3 is 1. The first kappa shape index (κ1) is 14.4. The molecule has 0 fully saturated rings. The van der Waals surface area contributed by atoms with Crippen LogP contribution in [0.25, 0.3) is 11.0 Å². The normalized spacial score (nSPS) is 12.9. The molecule has 1 atom stereocenters. The Morgan fingerprint density at radius 2 is 2.21 bits per heavy atom. The molecule has 1 heterocycles. The number of thioether (sulfide) groups is 1. The SMILES string of the molecule is CNC(CSCCCOC)c1cc2ccccc2o1. The van der Waals surface area contributed by atoms with Crippen molar-refractivity contribution in [1.29, 1.82) is 0 Å². The van der Waals surface area contributed by atoms with Crippen LogP contribution in [0, 0.1) is 0 Å². The lowest BCUT2D eigenvalue weighted by atomic mass is 10.2. The van der Waals surface area contributed by atoms with Gasteiger partial charge in [0.1, 0.15) is 11.3 Å². The van der Waals surface area contributed by atoms with Crippen molar-refractivity contribution in [1.82, 2.24) is 5.32 Å². The van der Waals surface area contributed by atoms with Crippen LogP contribution in [0.5, 0.6) is 0 Å². The summed E-state index contributed by atoms with van der Waals surface area (Å²) in [6.07, 6.45) is 1.09. The van der Waals surface area contributed by atoms with Crippen LogP contribution in [0.4, 0.5) is 0 Å². The summed E-state index contributed by atoms with van der Waals surface area (Å²) in [5.41, 5.74) is 0.960. The van der Waals surface area contributed by atoms with Gasteiger partial charge >= 0.3 is 0 Å². The molecule has 0 saturated heterocycles. The Morgan fingerprint density at radius 1 is 1.37 bits per heavy atom. The number of hydrogen-bond donors (Lipinski definition) is 1. The third kappa shape index (κ3) is 4.00. The summed E-state index contributed by atoms with van der Waals surface area (Å²) in [6.45, 7) is 0.835. The highest BCUT2D eigenvalue weighted by Gasteiger charge is 2.14. The molecule has 0 saturated carbocycles. The monoisotopic (exact) mass is 279 g/mol. The molecule has 19 heavy (non-hydrogen) atoms. The van der Waals surface area contributed by atoms with Crippen molar-refractivity contribution in [2.75, 3.05) is 32.3 Å². The van der Waals surface area contributed by atoms with E-state index < -0.39 is 0 Å². The van der Waals surface area contributed by atoms with Gasteiger partial charge < -0.3 is 14.5 Å². The van der Waals surface area contributed by atoms with Gasteiger partial charge in [-0.3, -0.25) is 0 Å². The molecule has 1 aromatic carbocycles. The van der Waals surface area contributed by atoms with E-state index >= 15 is 0 Å². The zero-order valence-corrected chi connectivity index (χ0v) is 12.3. The van der Waals surface area contributed by atoms with Crippen molar-refractivity contribution in [3.63, 3.8) is 0 Å². The van der Waals surface area contributed by atoms with E-state index in [2.05, 4.69) is 17.4 Å². The van der Waals surface area contributed by atoms with Crippen LogP contribution in [0.15, 0.2) is 34.7 Å². The molecule has 2 aromatic rings. The molecular weight excluding hydrogens is 258 g/mol. The Morgan fingerprint density at radius 3 is 2.95 bits per heavy atom. The minimum Gasteiger partial charge on any atom is -0.459 e. The van der Waals surface area contributed by atoms with E-state index in [0.717, 1.165) is 35.9 Å². The number of furan rings is 1. The summed E-state index contributed by atoms with van der Waals surface area (Å²) in [5, 5.41) is 4.49. The molecule has 0 radical (unpaired) electrons. The van der Waals surface area contributed by atoms with Crippen LogP contribution >= 0.6 is 11.8 Å². The molecule has 4 heteroatoms. The van der Waals surface area contributed by atoms with Crippen LogP contribution in [0.1, 0.15) is 18.2 Å². The maximum atomic E-state index is 5.90. The van der Waals surface area contributed by atoms with Gasteiger partial charge in [-0.25, -0.2) is 0 Å². The molecule has 0 spiro atoms. The van der Waals surface area contributed by atoms with Gasteiger partial charge in [-0.05, 0) is 31.4 Å². The Kier molecular flexibility index (Phi) is 5.76. The topological polar surface area (TPSA) is 34.4 Å². The molecular formula is C15H21NO2S. The Bertz CT molecular complexity index is 465. The zero-order chi connectivity index (χ0) is 13.5. The van der Waals surface area contributed by atoms with Gasteiger partial charge in [0.15, 0.2) is 0 Å². The van der Waals surface area contributed by atoms with Crippen molar-refractivity contribution in [3.05, 3.63) is 36.1 Å². The summed E-state index contributed by atoms with van der Waals surface area (Å²) >= 11 is 1.93. The second-order valence-electron chi connectivity index (χ2n) is 4.45. The predicted molar refractivity (Wildman–Crippen MR) is 81.8 cm³/mol. The highest BCUT2D eigenvalue weighted by atomic mass is 32.2. The molecule has 0 aliphatic heterocycles. The molecule has 3 nitrogen and oxygen atoms in total. The molecule has 2 rings (SSSR count). The summed E-state index contributed by atoms with van der Waals surface area (Å²) in [5.74, 6) is 3.15. The fraction of sp³-hybridized carbons (Fsp3) is 0.467. The third-order valence-electron chi connectivity index (χ3n) is 3.06. The third-order valence-corrected chi connectivity index (χ3v) is 4.20. The van der Waals surface area contributed by atoms with Crippen molar-refractivity contribution >= 4 is 22.7 Å². The maximum absolute atomic E-state index is 5.90. The summed E-state index contributed by atoms with van der Waals surface area (Å²) in [4.78, 5) is 0. The minimum absolute atomic E-state index is 0.264. The van der Waals surface area contributed by atoms with Gasteiger partial charge in [-0.15, -0.1) is 0 Å². The highest BCUT2D eigenvalue weighted by molar-refractivity contribution is 7.99. The van der Waals surface area contributed by atoms with Gasteiger partial charge in [0.05, 0.1) is 6.04 Å².